The molecule has 0 saturated carbocycles. The Morgan fingerprint density at radius 2 is 1.12 bits per heavy atom. The summed E-state index contributed by atoms with van der Waals surface area (Å²) in [7, 11) is 0. The summed E-state index contributed by atoms with van der Waals surface area (Å²) in [6.45, 7) is 2.45. The molecule has 2 aliphatic rings. The first-order chi connectivity index (χ1) is 27.6. The van der Waals surface area contributed by atoms with Crippen LogP contribution in [0.1, 0.15) is 35.1 Å². The van der Waals surface area contributed by atoms with E-state index in [1.165, 1.54) is 44.2 Å². The highest BCUT2D eigenvalue weighted by Gasteiger charge is 2.60. The Hall–Kier alpha value is -6.90. The maximum absolute atomic E-state index is 6.45. The van der Waals surface area contributed by atoms with E-state index in [0.717, 1.165) is 39.0 Å². The summed E-state index contributed by atoms with van der Waals surface area (Å²) in [6.07, 6.45) is 9.31. The van der Waals surface area contributed by atoms with Crippen molar-refractivity contribution in [2.24, 2.45) is 5.41 Å². The molecule has 11 rings (SSSR count). The first-order valence-corrected chi connectivity index (χ1v) is 19.5. The summed E-state index contributed by atoms with van der Waals surface area (Å²) in [5, 5.41) is 4.65. The van der Waals surface area contributed by atoms with Crippen LogP contribution in [0.15, 0.2) is 217 Å². The number of nitrogens with zero attached hydrogens (tertiary/aromatic N) is 1. The van der Waals surface area contributed by atoms with Gasteiger partial charge in [0.15, 0.2) is 0 Å². The molecule has 0 spiro atoms. The molecule has 0 N–H and O–H groups in total. The Labute approximate surface area is 327 Å². The number of furan rings is 1. The van der Waals surface area contributed by atoms with E-state index in [4.69, 9.17) is 4.42 Å². The molecule has 8 aromatic carbocycles. The maximum Gasteiger partial charge on any atom is 0.137 e. The Morgan fingerprint density at radius 1 is 0.482 bits per heavy atom. The Balaban J connectivity index is 1.09. The van der Waals surface area contributed by atoms with Crippen molar-refractivity contribution < 1.29 is 4.42 Å². The number of allylic oxidation sites excluding steroid dienone is 4. The molecular weight excluding hydrogens is 679 g/mol. The third kappa shape index (κ3) is 4.75. The van der Waals surface area contributed by atoms with Crippen LogP contribution in [0.3, 0.4) is 0 Å². The lowest BCUT2D eigenvalue weighted by Crippen LogP contribution is -2.43. The van der Waals surface area contributed by atoms with Gasteiger partial charge in [-0.25, -0.2) is 0 Å². The average molecular weight is 718 g/mol. The smallest absolute Gasteiger partial charge is 0.137 e. The molecule has 3 atom stereocenters. The molecule has 0 saturated heterocycles. The van der Waals surface area contributed by atoms with Crippen LogP contribution >= 0.6 is 0 Å². The van der Waals surface area contributed by atoms with Gasteiger partial charge >= 0.3 is 0 Å². The summed E-state index contributed by atoms with van der Waals surface area (Å²) < 4.78 is 6.45. The van der Waals surface area contributed by atoms with Crippen molar-refractivity contribution in [1.82, 2.24) is 0 Å². The number of hydrogen-bond acceptors (Lipinski definition) is 2. The fraction of sp³-hybridized carbons (Fsp3) is 0.0741. The molecule has 0 fully saturated rings. The molecule has 0 amide bonds. The highest BCUT2D eigenvalue weighted by Crippen LogP contribution is 2.66. The molecule has 1 aromatic heterocycles. The number of anilines is 3. The normalized spacial score (nSPS) is 19.7. The fourth-order valence-electron chi connectivity index (χ4n) is 10.1. The summed E-state index contributed by atoms with van der Waals surface area (Å²) in [6, 6.07) is 68.7. The minimum absolute atomic E-state index is 0.211. The summed E-state index contributed by atoms with van der Waals surface area (Å²) in [5.41, 5.74) is 12.2. The largest absolute Gasteiger partial charge is 0.456 e. The van der Waals surface area contributed by atoms with Crippen LogP contribution in [0.2, 0.25) is 0 Å². The van der Waals surface area contributed by atoms with E-state index in [0.29, 0.717) is 0 Å². The first-order valence-electron chi connectivity index (χ1n) is 19.5. The van der Waals surface area contributed by atoms with E-state index in [1.807, 2.05) is 12.1 Å². The molecule has 56 heavy (non-hydrogen) atoms. The first kappa shape index (κ1) is 32.5. The topological polar surface area (TPSA) is 16.4 Å². The van der Waals surface area contributed by atoms with Gasteiger partial charge in [-0.05, 0) is 92.7 Å². The highest BCUT2D eigenvalue weighted by atomic mass is 16.3. The molecule has 2 nitrogen and oxygen atoms in total. The fourth-order valence-corrected chi connectivity index (χ4v) is 10.1. The summed E-state index contributed by atoms with van der Waals surface area (Å²) in [4.78, 5) is 2.37. The Kier molecular flexibility index (Phi) is 7.31. The van der Waals surface area contributed by atoms with Gasteiger partial charge in [-0.2, -0.15) is 0 Å². The number of para-hydroxylation sites is 1. The molecule has 0 radical (unpaired) electrons. The minimum Gasteiger partial charge on any atom is -0.456 e. The Bertz CT molecular complexity index is 2990. The quantitative estimate of drug-likeness (QED) is 0.170. The molecule has 266 valence electrons. The average Bonchev–Trinajstić information content (AvgIpc) is 3.75. The maximum atomic E-state index is 6.45. The second kappa shape index (κ2) is 12.6. The van der Waals surface area contributed by atoms with Crippen molar-refractivity contribution in [2.45, 2.75) is 18.3 Å². The predicted molar refractivity (Wildman–Crippen MR) is 233 cm³/mol. The van der Waals surface area contributed by atoms with E-state index in [2.05, 4.69) is 212 Å². The minimum atomic E-state index is -0.396. The van der Waals surface area contributed by atoms with Crippen molar-refractivity contribution in [3.8, 4) is 11.1 Å². The van der Waals surface area contributed by atoms with Crippen LogP contribution in [0.4, 0.5) is 17.1 Å². The van der Waals surface area contributed by atoms with Gasteiger partial charge in [0.2, 0.25) is 0 Å². The number of fused-ring (bicyclic) bond motifs is 7. The van der Waals surface area contributed by atoms with Crippen LogP contribution < -0.4 is 4.90 Å². The molecule has 9 aromatic rings. The van der Waals surface area contributed by atoms with Crippen LogP contribution in [0, 0.1) is 5.41 Å². The van der Waals surface area contributed by atoms with E-state index in [9.17, 15) is 0 Å². The molecule has 0 aliphatic heterocycles. The second-order valence-electron chi connectivity index (χ2n) is 15.5. The third-order valence-corrected chi connectivity index (χ3v) is 12.6. The number of benzene rings is 8. The van der Waals surface area contributed by atoms with Crippen molar-refractivity contribution >= 4 is 49.8 Å². The van der Waals surface area contributed by atoms with Gasteiger partial charge in [0.25, 0.3) is 0 Å². The van der Waals surface area contributed by atoms with Gasteiger partial charge in [-0.1, -0.05) is 165 Å². The third-order valence-electron chi connectivity index (χ3n) is 12.6. The Morgan fingerprint density at radius 3 is 1.98 bits per heavy atom. The van der Waals surface area contributed by atoms with Gasteiger partial charge in [0, 0.05) is 45.2 Å². The monoisotopic (exact) mass is 717 g/mol. The summed E-state index contributed by atoms with van der Waals surface area (Å²) in [5.74, 6) is 0.260. The van der Waals surface area contributed by atoms with Gasteiger partial charge < -0.3 is 9.32 Å². The van der Waals surface area contributed by atoms with E-state index in [1.54, 1.807) is 0 Å². The molecule has 1 heterocycles. The molecule has 2 heteroatoms. The van der Waals surface area contributed by atoms with E-state index < -0.39 is 5.41 Å². The van der Waals surface area contributed by atoms with E-state index in [-0.39, 0.29) is 11.3 Å². The van der Waals surface area contributed by atoms with Gasteiger partial charge in [-0.15, -0.1) is 0 Å². The lowest BCUT2D eigenvalue weighted by molar-refractivity contribution is 0.288. The van der Waals surface area contributed by atoms with Crippen molar-refractivity contribution in [3.05, 3.63) is 235 Å². The molecule has 0 bridgehead atoms. The molecule has 2 aliphatic carbocycles. The van der Waals surface area contributed by atoms with Crippen molar-refractivity contribution in [2.75, 3.05) is 4.90 Å². The van der Waals surface area contributed by atoms with Crippen LogP contribution in [-0.4, -0.2) is 0 Å². The summed E-state index contributed by atoms with van der Waals surface area (Å²) >= 11 is 0. The zero-order chi connectivity index (χ0) is 37.3. The zero-order valence-corrected chi connectivity index (χ0v) is 31.1. The standard InChI is InChI=1S/C54H39NO/c1-53-33-13-12-20-49(53)48-19-8-10-21-50(48)54(53,41-16-6-3-7-17-41)42-26-29-43(30-27-42)55(45-31-32-47-46-18-9-11-22-51(46)56-52(47)36-45)44-28-25-39-34-38(23-24-40(39)35-44)37-14-4-2-5-15-37/h2-36,49H,1H3. The van der Waals surface area contributed by atoms with Crippen LogP contribution in [0.5, 0.6) is 0 Å². The van der Waals surface area contributed by atoms with E-state index >= 15 is 0 Å². The highest BCUT2D eigenvalue weighted by molar-refractivity contribution is 6.06. The molecular formula is C54H39NO. The van der Waals surface area contributed by atoms with Crippen LogP contribution in [0.25, 0.3) is 43.8 Å². The van der Waals surface area contributed by atoms with Gasteiger partial charge in [-0.3, -0.25) is 0 Å². The van der Waals surface area contributed by atoms with Gasteiger partial charge in [0.1, 0.15) is 11.2 Å². The molecule has 3 unspecified atom stereocenters. The predicted octanol–water partition coefficient (Wildman–Crippen LogP) is 14.4. The van der Waals surface area contributed by atoms with Gasteiger partial charge in [0.05, 0.1) is 5.41 Å². The van der Waals surface area contributed by atoms with Crippen molar-refractivity contribution in [1.29, 1.82) is 0 Å². The lowest BCUT2D eigenvalue weighted by atomic mass is 9.54. The zero-order valence-electron chi connectivity index (χ0n) is 31.1. The number of rotatable bonds is 6. The number of hydrogen-bond donors (Lipinski definition) is 0. The van der Waals surface area contributed by atoms with Crippen LogP contribution in [-0.2, 0) is 5.41 Å². The SMILES string of the molecule is CC12C=CC=CC1c1ccccc1C2(c1ccccc1)c1ccc(N(c2ccc3cc(-c4ccccc4)ccc3c2)c2ccc3c(c2)oc2ccccc23)cc1. The lowest BCUT2D eigenvalue weighted by Gasteiger charge is -2.47. The second-order valence-corrected chi connectivity index (χ2v) is 15.5. The van der Waals surface area contributed by atoms with Crippen molar-refractivity contribution in [3.63, 3.8) is 0 Å².